The van der Waals surface area contributed by atoms with Gasteiger partial charge in [0.2, 0.25) is 15.9 Å². The monoisotopic (exact) mass is 305 g/mol. The first kappa shape index (κ1) is 15.7. The molecule has 0 bridgehead atoms. The van der Waals surface area contributed by atoms with Gasteiger partial charge in [-0.05, 0) is 19.4 Å². The second-order valence-corrected chi connectivity index (χ2v) is 7.26. The van der Waals surface area contributed by atoms with Crippen molar-refractivity contribution in [3.63, 3.8) is 0 Å². The summed E-state index contributed by atoms with van der Waals surface area (Å²) in [6.45, 7) is 5.39. The molecule has 2 aliphatic rings. The summed E-state index contributed by atoms with van der Waals surface area (Å²) in [6.07, 6.45) is 1.92. The van der Waals surface area contributed by atoms with Gasteiger partial charge in [-0.15, -0.1) is 0 Å². The van der Waals surface area contributed by atoms with Crippen LogP contribution in [0.5, 0.6) is 0 Å². The molecule has 0 aliphatic carbocycles. The lowest BCUT2D eigenvalue weighted by atomic mass is 10.2. The first-order valence-electron chi connectivity index (χ1n) is 7.06. The highest BCUT2D eigenvalue weighted by molar-refractivity contribution is 7.89. The molecule has 7 nitrogen and oxygen atoms in total. The van der Waals surface area contributed by atoms with Gasteiger partial charge < -0.3 is 9.64 Å². The summed E-state index contributed by atoms with van der Waals surface area (Å²) >= 11 is 0. The number of hydrogen-bond donors (Lipinski definition) is 1. The van der Waals surface area contributed by atoms with Crippen LogP contribution in [0.25, 0.3) is 0 Å². The van der Waals surface area contributed by atoms with Crippen molar-refractivity contribution in [3.05, 3.63) is 0 Å². The highest BCUT2D eigenvalue weighted by atomic mass is 32.2. The summed E-state index contributed by atoms with van der Waals surface area (Å²) in [5.41, 5.74) is 0. The minimum absolute atomic E-state index is 0.0301. The molecular weight excluding hydrogens is 282 g/mol. The molecule has 0 spiro atoms. The Labute approximate surface area is 120 Å². The highest BCUT2D eigenvalue weighted by Crippen LogP contribution is 2.17. The number of carbonyl (C=O) groups is 1. The number of sulfonamides is 1. The molecule has 2 rings (SSSR count). The number of nitrogens with two attached hydrogens (primary N) is 1. The number of amides is 1. The zero-order chi connectivity index (χ0) is 14.6. The van der Waals surface area contributed by atoms with Crippen LogP contribution in [0.4, 0.5) is 0 Å². The number of carbonyl (C=O) groups excluding carboxylic acids is 1. The van der Waals surface area contributed by atoms with Crippen LogP contribution in [0.15, 0.2) is 0 Å². The second kappa shape index (κ2) is 6.84. The van der Waals surface area contributed by atoms with Gasteiger partial charge in [-0.2, -0.15) is 0 Å². The standard InChI is InChI=1S/C12H23N3O4S/c13-20(17,18)11-9-12(16)15(10-11)4-2-1-3-14-5-7-19-8-6-14/h11H,1-10H2,(H2,13,17,18). The Bertz CT molecular complexity index is 434. The number of likely N-dealkylation sites (tertiary alicyclic amines) is 1. The van der Waals surface area contributed by atoms with E-state index in [1.54, 1.807) is 4.90 Å². The number of unbranched alkanes of at least 4 members (excludes halogenated alkanes) is 1. The van der Waals surface area contributed by atoms with Crippen LogP contribution in [-0.4, -0.2) is 75.3 Å². The molecule has 1 atom stereocenters. The molecule has 0 saturated carbocycles. The quantitative estimate of drug-likeness (QED) is 0.635. The number of ether oxygens (including phenoxy) is 1. The largest absolute Gasteiger partial charge is 0.379 e. The van der Waals surface area contributed by atoms with Gasteiger partial charge in [0.15, 0.2) is 0 Å². The first-order valence-corrected chi connectivity index (χ1v) is 8.67. The molecule has 0 aromatic carbocycles. The van der Waals surface area contributed by atoms with Crippen molar-refractivity contribution in [2.45, 2.75) is 24.5 Å². The van der Waals surface area contributed by atoms with Crippen LogP contribution in [-0.2, 0) is 19.6 Å². The molecule has 116 valence electrons. The Morgan fingerprint density at radius 1 is 1.20 bits per heavy atom. The Kier molecular flexibility index (Phi) is 5.36. The second-order valence-electron chi connectivity index (χ2n) is 5.42. The Morgan fingerprint density at radius 2 is 1.85 bits per heavy atom. The molecule has 2 aliphatic heterocycles. The maximum Gasteiger partial charge on any atom is 0.224 e. The summed E-state index contributed by atoms with van der Waals surface area (Å²) < 4.78 is 27.8. The van der Waals surface area contributed by atoms with Gasteiger partial charge in [-0.3, -0.25) is 9.69 Å². The Balaban J connectivity index is 1.65. The summed E-state index contributed by atoms with van der Waals surface area (Å²) in [6, 6.07) is 0. The van der Waals surface area contributed by atoms with Crippen molar-refractivity contribution in [3.8, 4) is 0 Å². The predicted molar refractivity (Wildman–Crippen MR) is 74.6 cm³/mol. The fourth-order valence-corrected chi connectivity index (χ4v) is 3.40. The maximum atomic E-state index is 11.7. The van der Waals surface area contributed by atoms with E-state index in [4.69, 9.17) is 9.88 Å². The molecule has 1 unspecified atom stereocenters. The topological polar surface area (TPSA) is 92.9 Å². The summed E-state index contributed by atoms with van der Waals surface area (Å²) in [5.74, 6) is -0.101. The molecule has 2 heterocycles. The average Bonchev–Trinajstić information content (AvgIpc) is 2.77. The number of rotatable bonds is 6. The normalized spacial score (nSPS) is 25.4. The maximum absolute atomic E-state index is 11.7. The minimum Gasteiger partial charge on any atom is -0.379 e. The molecule has 0 radical (unpaired) electrons. The van der Waals surface area contributed by atoms with E-state index in [0.29, 0.717) is 6.54 Å². The smallest absolute Gasteiger partial charge is 0.224 e. The van der Waals surface area contributed by atoms with E-state index < -0.39 is 15.3 Å². The van der Waals surface area contributed by atoms with Gasteiger partial charge in [-0.25, -0.2) is 13.6 Å². The van der Waals surface area contributed by atoms with E-state index >= 15 is 0 Å². The molecule has 2 saturated heterocycles. The zero-order valence-corrected chi connectivity index (χ0v) is 12.5. The third kappa shape index (κ3) is 4.41. The molecule has 20 heavy (non-hydrogen) atoms. The highest BCUT2D eigenvalue weighted by Gasteiger charge is 2.35. The van der Waals surface area contributed by atoms with E-state index in [0.717, 1.165) is 45.7 Å². The fraction of sp³-hybridized carbons (Fsp3) is 0.917. The number of morpholine rings is 1. The molecule has 0 aromatic rings. The number of hydrogen-bond acceptors (Lipinski definition) is 5. The predicted octanol–water partition coefficient (Wildman–Crippen LogP) is -1.01. The summed E-state index contributed by atoms with van der Waals surface area (Å²) in [4.78, 5) is 15.7. The lowest BCUT2D eigenvalue weighted by molar-refractivity contribution is -0.127. The van der Waals surface area contributed by atoms with E-state index in [1.807, 2.05) is 0 Å². The van der Waals surface area contributed by atoms with Crippen LogP contribution in [0.3, 0.4) is 0 Å². The number of nitrogens with zero attached hydrogens (tertiary/aromatic N) is 2. The van der Waals surface area contributed by atoms with Crippen molar-refractivity contribution >= 4 is 15.9 Å². The van der Waals surface area contributed by atoms with Crippen LogP contribution in [0, 0.1) is 0 Å². The third-order valence-corrected chi connectivity index (χ3v) is 5.14. The molecular formula is C12H23N3O4S. The first-order chi connectivity index (χ1) is 9.47. The van der Waals surface area contributed by atoms with Crippen molar-refractivity contribution in [2.24, 2.45) is 5.14 Å². The zero-order valence-electron chi connectivity index (χ0n) is 11.7. The van der Waals surface area contributed by atoms with Gasteiger partial charge in [0.05, 0.1) is 13.2 Å². The van der Waals surface area contributed by atoms with E-state index in [1.165, 1.54) is 0 Å². The van der Waals surface area contributed by atoms with Gasteiger partial charge in [0.25, 0.3) is 0 Å². The lowest BCUT2D eigenvalue weighted by Crippen LogP contribution is -2.37. The van der Waals surface area contributed by atoms with Crippen LogP contribution < -0.4 is 5.14 Å². The molecule has 2 fully saturated rings. The van der Waals surface area contributed by atoms with Crippen molar-refractivity contribution in [2.75, 3.05) is 45.9 Å². The molecule has 2 N–H and O–H groups in total. The van der Waals surface area contributed by atoms with E-state index in [2.05, 4.69) is 4.90 Å². The molecule has 1 amide bonds. The summed E-state index contributed by atoms with van der Waals surface area (Å²) in [7, 11) is -3.60. The SMILES string of the molecule is NS(=O)(=O)C1CC(=O)N(CCCCN2CCOCC2)C1. The van der Waals surface area contributed by atoms with Gasteiger partial charge in [0.1, 0.15) is 5.25 Å². The van der Waals surface area contributed by atoms with Gasteiger partial charge in [0, 0.05) is 32.6 Å². The van der Waals surface area contributed by atoms with E-state index in [9.17, 15) is 13.2 Å². The van der Waals surface area contributed by atoms with Crippen LogP contribution >= 0.6 is 0 Å². The molecule has 8 heteroatoms. The van der Waals surface area contributed by atoms with Gasteiger partial charge in [-0.1, -0.05) is 0 Å². The lowest BCUT2D eigenvalue weighted by Gasteiger charge is -2.26. The third-order valence-electron chi connectivity index (χ3n) is 3.90. The Morgan fingerprint density at radius 3 is 2.45 bits per heavy atom. The van der Waals surface area contributed by atoms with Crippen LogP contribution in [0.2, 0.25) is 0 Å². The van der Waals surface area contributed by atoms with Gasteiger partial charge >= 0.3 is 0 Å². The fourth-order valence-electron chi connectivity index (χ4n) is 2.63. The van der Waals surface area contributed by atoms with Crippen molar-refractivity contribution < 1.29 is 17.9 Å². The Hall–Kier alpha value is -0.700. The minimum atomic E-state index is -3.60. The molecule has 0 aromatic heterocycles. The summed E-state index contributed by atoms with van der Waals surface area (Å²) in [5, 5.41) is 4.36. The number of primary sulfonamides is 1. The average molecular weight is 305 g/mol. The van der Waals surface area contributed by atoms with Crippen molar-refractivity contribution in [1.82, 2.24) is 9.80 Å². The van der Waals surface area contributed by atoms with Crippen molar-refractivity contribution in [1.29, 1.82) is 0 Å². The van der Waals surface area contributed by atoms with Crippen LogP contribution in [0.1, 0.15) is 19.3 Å². The van der Waals surface area contributed by atoms with E-state index in [-0.39, 0.29) is 18.9 Å².